The molecule has 1 aromatic rings. The van der Waals surface area contributed by atoms with Crippen molar-refractivity contribution in [3.8, 4) is 0 Å². The van der Waals surface area contributed by atoms with Crippen LogP contribution in [0.4, 0.5) is 0 Å². The molecule has 3 heterocycles. The third kappa shape index (κ3) is 0.615. The zero-order valence-electron chi connectivity index (χ0n) is 7.29. The summed E-state index contributed by atoms with van der Waals surface area (Å²) in [6, 6.07) is 1.62. The summed E-state index contributed by atoms with van der Waals surface area (Å²) >= 11 is 0. The van der Waals surface area contributed by atoms with Crippen LogP contribution < -0.4 is 4.72 Å². The first-order chi connectivity index (χ1) is 5.95. The standard InChI is InChI=1S/C8H9NO3S/c1-4-5-3-6-7(12-5)8(4,2)9-13(6,10)11/h3-4,9H,1-2H3. The number of fused-ring (bicyclic) bond motifs is 1. The molecule has 2 unspecified atom stereocenters. The van der Waals surface area contributed by atoms with E-state index in [9.17, 15) is 8.42 Å². The largest absolute Gasteiger partial charge is 0.462 e. The maximum Gasteiger partial charge on any atom is 0.245 e. The van der Waals surface area contributed by atoms with Gasteiger partial charge in [-0.2, -0.15) is 4.72 Å². The summed E-state index contributed by atoms with van der Waals surface area (Å²) < 4.78 is 31.1. The van der Waals surface area contributed by atoms with Gasteiger partial charge in [0.15, 0.2) is 0 Å². The molecule has 2 bridgehead atoms. The average molecular weight is 199 g/mol. The van der Waals surface area contributed by atoms with Gasteiger partial charge in [-0.05, 0) is 6.92 Å². The van der Waals surface area contributed by atoms with E-state index in [1.807, 2.05) is 13.8 Å². The molecule has 0 saturated carbocycles. The molecule has 0 saturated heterocycles. The number of nitrogens with one attached hydrogen (secondary N) is 1. The average Bonchev–Trinajstić information content (AvgIpc) is 2.55. The minimum Gasteiger partial charge on any atom is -0.462 e. The predicted octanol–water partition coefficient (Wildman–Crippen LogP) is 0.904. The Hall–Kier alpha value is -0.810. The van der Waals surface area contributed by atoms with Crippen molar-refractivity contribution in [3.63, 3.8) is 0 Å². The molecule has 3 rings (SSSR count). The minimum atomic E-state index is -3.29. The molecule has 0 radical (unpaired) electrons. The van der Waals surface area contributed by atoms with Crippen LogP contribution in [0.15, 0.2) is 15.4 Å². The summed E-state index contributed by atoms with van der Waals surface area (Å²) in [6.45, 7) is 3.82. The first-order valence-electron chi connectivity index (χ1n) is 4.13. The fourth-order valence-corrected chi connectivity index (χ4v) is 3.82. The Morgan fingerprint density at radius 3 is 2.85 bits per heavy atom. The molecule has 5 heteroatoms. The van der Waals surface area contributed by atoms with Gasteiger partial charge in [0.05, 0.1) is 5.54 Å². The molecule has 4 nitrogen and oxygen atoms in total. The molecule has 13 heavy (non-hydrogen) atoms. The lowest BCUT2D eigenvalue weighted by Gasteiger charge is -2.22. The van der Waals surface area contributed by atoms with Gasteiger partial charge >= 0.3 is 0 Å². The normalized spacial score (nSPS) is 38.5. The molecule has 0 aromatic carbocycles. The molecule has 0 spiro atoms. The van der Waals surface area contributed by atoms with Gasteiger partial charge in [-0.1, -0.05) is 6.92 Å². The van der Waals surface area contributed by atoms with Gasteiger partial charge in [0.1, 0.15) is 16.4 Å². The van der Waals surface area contributed by atoms with Crippen molar-refractivity contribution in [1.82, 2.24) is 4.72 Å². The number of hydrogen-bond donors (Lipinski definition) is 1. The Balaban J connectivity index is 2.44. The molecule has 0 aliphatic carbocycles. The van der Waals surface area contributed by atoms with E-state index in [0.717, 1.165) is 5.76 Å². The Bertz CT molecular complexity index is 501. The van der Waals surface area contributed by atoms with Gasteiger partial charge in [0.2, 0.25) is 10.0 Å². The maximum atomic E-state index is 11.5. The third-order valence-electron chi connectivity index (χ3n) is 3.12. The second-order valence-corrected chi connectivity index (χ2v) is 5.52. The zero-order chi connectivity index (χ0) is 9.43. The molecule has 0 fully saturated rings. The van der Waals surface area contributed by atoms with E-state index in [2.05, 4.69) is 4.72 Å². The van der Waals surface area contributed by atoms with Crippen molar-refractivity contribution in [2.24, 2.45) is 0 Å². The molecule has 2 atom stereocenters. The lowest BCUT2D eigenvalue weighted by molar-refractivity contribution is 0.381. The zero-order valence-corrected chi connectivity index (χ0v) is 8.10. The summed E-state index contributed by atoms with van der Waals surface area (Å²) in [6.07, 6.45) is 0. The van der Waals surface area contributed by atoms with E-state index in [-0.39, 0.29) is 5.92 Å². The molecular weight excluding hydrogens is 190 g/mol. The van der Waals surface area contributed by atoms with Gasteiger partial charge in [0.25, 0.3) is 0 Å². The molecule has 0 amide bonds. The van der Waals surface area contributed by atoms with Crippen LogP contribution in [0.3, 0.4) is 0 Å². The van der Waals surface area contributed by atoms with E-state index in [1.54, 1.807) is 6.07 Å². The summed E-state index contributed by atoms with van der Waals surface area (Å²) in [7, 11) is -3.29. The van der Waals surface area contributed by atoms with Crippen molar-refractivity contribution in [1.29, 1.82) is 0 Å². The van der Waals surface area contributed by atoms with Crippen molar-refractivity contribution in [2.75, 3.05) is 0 Å². The molecule has 1 aromatic heterocycles. The lowest BCUT2D eigenvalue weighted by Crippen LogP contribution is -2.38. The van der Waals surface area contributed by atoms with Gasteiger partial charge < -0.3 is 4.42 Å². The summed E-state index contributed by atoms with van der Waals surface area (Å²) in [5, 5.41) is 0. The fraction of sp³-hybridized carbons (Fsp3) is 0.500. The van der Waals surface area contributed by atoms with E-state index < -0.39 is 15.6 Å². The van der Waals surface area contributed by atoms with Crippen molar-refractivity contribution < 1.29 is 12.8 Å². The van der Waals surface area contributed by atoms with Gasteiger partial charge in [-0.25, -0.2) is 8.42 Å². The highest BCUT2D eigenvalue weighted by Crippen LogP contribution is 2.53. The molecule has 2 aliphatic rings. The predicted molar refractivity (Wildman–Crippen MR) is 44.8 cm³/mol. The highest BCUT2D eigenvalue weighted by atomic mass is 32.2. The Labute approximate surface area is 76.0 Å². The monoisotopic (exact) mass is 199 g/mol. The van der Waals surface area contributed by atoms with Crippen LogP contribution in [0.5, 0.6) is 0 Å². The van der Waals surface area contributed by atoms with Crippen LogP contribution >= 0.6 is 0 Å². The number of sulfonamides is 1. The van der Waals surface area contributed by atoms with Gasteiger partial charge in [0, 0.05) is 12.0 Å². The SMILES string of the molecule is CC1c2cc3c(o2)C1(C)NS3(=O)=O. The Morgan fingerprint density at radius 2 is 2.31 bits per heavy atom. The van der Waals surface area contributed by atoms with Crippen LogP contribution in [0.2, 0.25) is 0 Å². The Kier molecular flexibility index (Phi) is 0.988. The van der Waals surface area contributed by atoms with Crippen LogP contribution in [0.1, 0.15) is 31.3 Å². The van der Waals surface area contributed by atoms with Crippen molar-refractivity contribution >= 4 is 10.0 Å². The van der Waals surface area contributed by atoms with Crippen LogP contribution in [0.25, 0.3) is 0 Å². The minimum absolute atomic E-state index is 0.100. The van der Waals surface area contributed by atoms with Crippen LogP contribution in [-0.4, -0.2) is 8.42 Å². The summed E-state index contributed by atoms with van der Waals surface area (Å²) in [5.41, 5.74) is -0.530. The van der Waals surface area contributed by atoms with Crippen molar-refractivity contribution in [2.45, 2.75) is 30.2 Å². The smallest absolute Gasteiger partial charge is 0.245 e. The topological polar surface area (TPSA) is 59.3 Å². The second-order valence-electron chi connectivity index (χ2n) is 3.87. The van der Waals surface area contributed by atoms with E-state index in [1.165, 1.54) is 0 Å². The van der Waals surface area contributed by atoms with Gasteiger partial charge in [-0.3, -0.25) is 0 Å². The molecule has 1 N–H and O–H groups in total. The Morgan fingerprint density at radius 1 is 1.62 bits per heavy atom. The van der Waals surface area contributed by atoms with Crippen LogP contribution in [-0.2, 0) is 15.6 Å². The quantitative estimate of drug-likeness (QED) is 0.675. The molecule has 70 valence electrons. The number of hydrogen-bond acceptors (Lipinski definition) is 3. The third-order valence-corrected chi connectivity index (χ3v) is 4.69. The number of rotatable bonds is 0. The van der Waals surface area contributed by atoms with E-state index in [0.29, 0.717) is 10.7 Å². The van der Waals surface area contributed by atoms with Gasteiger partial charge in [-0.15, -0.1) is 0 Å². The first-order valence-corrected chi connectivity index (χ1v) is 5.62. The van der Waals surface area contributed by atoms with E-state index in [4.69, 9.17) is 4.42 Å². The van der Waals surface area contributed by atoms with Crippen LogP contribution in [0, 0.1) is 0 Å². The lowest BCUT2D eigenvalue weighted by atomic mass is 9.83. The highest BCUT2D eigenvalue weighted by Gasteiger charge is 2.56. The highest BCUT2D eigenvalue weighted by molar-refractivity contribution is 7.89. The fourth-order valence-electron chi connectivity index (χ4n) is 2.12. The molecular formula is C8H9NO3S. The summed E-state index contributed by atoms with van der Waals surface area (Å²) in [4.78, 5) is 0.322. The molecule has 2 aliphatic heterocycles. The number of furan rings is 1. The second kappa shape index (κ2) is 1.69. The maximum absolute atomic E-state index is 11.5. The first kappa shape index (κ1) is 7.58. The van der Waals surface area contributed by atoms with Crippen molar-refractivity contribution in [3.05, 3.63) is 17.6 Å². The van der Waals surface area contributed by atoms with E-state index >= 15 is 0 Å². The summed E-state index contributed by atoms with van der Waals surface area (Å²) in [5.74, 6) is 1.44.